The van der Waals surface area contributed by atoms with Crippen LogP contribution in [0.4, 0.5) is 0 Å². The van der Waals surface area contributed by atoms with Crippen molar-refractivity contribution in [2.24, 2.45) is 0 Å². The van der Waals surface area contributed by atoms with E-state index in [1.807, 2.05) is 6.92 Å². The molecule has 0 saturated carbocycles. The third kappa shape index (κ3) is 0.660. The SMILES string of the molecule is [CH]c1cocc1C. The van der Waals surface area contributed by atoms with Crippen molar-refractivity contribution in [1.82, 2.24) is 0 Å². The summed E-state index contributed by atoms with van der Waals surface area (Å²) in [6.45, 7) is 7.25. The zero-order valence-corrected chi connectivity index (χ0v) is 4.14. The lowest BCUT2D eigenvalue weighted by molar-refractivity contribution is 0.564. The van der Waals surface area contributed by atoms with Crippen molar-refractivity contribution in [3.05, 3.63) is 30.6 Å². The lowest BCUT2D eigenvalue weighted by Crippen LogP contribution is -1.63. The van der Waals surface area contributed by atoms with Crippen LogP contribution in [0.1, 0.15) is 11.1 Å². The first kappa shape index (κ1) is 4.44. The summed E-state index contributed by atoms with van der Waals surface area (Å²) in [6.07, 6.45) is 3.14. The second-order valence-electron chi connectivity index (χ2n) is 1.51. The molecule has 1 aromatic heterocycles. The van der Waals surface area contributed by atoms with E-state index in [9.17, 15) is 0 Å². The standard InChI is InChI=1S/C6H6O/c1-5-3-7-4-6(5)2/h1,3-4H,2H3. The first-order valence-electron chi connectivity index (χ1n) is 2.09. The summed E-state index contributed by atoms with van der Waals surface area (Å²) in [6, 6.07) is 0. The fourth-order valence-electron chi connectivity index (χ4n) is 0.370. The molecule has 0 amide bonds. The molecular weight excluding hydrogens is 88.1 g/mol. The van der Waals surface area contributed by atoms with Crippen LogP contribution in [0, 0.1) is 13.8 Å². The molecule has 0 aliphatic rings. The molecule has 1 nitrogen and oxygen atoms in total. The molecule has 7 heavy (non-hydrogen) atoms. The van der Waals surface area contributed by atoms with Gasteiger partial charge in [-0.25, -0.2) is 0 Å². The quantitative estimate of drug-likeness (QED) is 0.476. The topological polar surface area (TPSA) is 13.1 Å². The lowest BCUT2D eigenvalue weighted by Gasteiger charge is -1.76. The van der Waals surface area contributed by atoms with Gasteiger partial charge in [-0.3, -0.25) is 0 Å². The van der Waals surface area contributed by atoms with Gasteiger partial charge in [0.1, 0.15) is 0 Å². The molecule has 0 fully saturated rings. The normalized spacial score (nSPS) is 9.43. The number of rotatable bonds is 0. The van der Waals surface area contributed by atoms with Gasteiger partial charge < -0.3 is 4.42 Å². The van der Waals surface area contributed by atoms with E-state index in [0.717, 1.165) is 11.1 Å². The fourth-order valence-corrected chi connectivity index (χ4v) is 0.370. The summed E-state index contributed by atoms with van der Waals surface area (Å²) >= 11 is 0. The van der Waals surface area contributed by atoms with Gasteiger partial charge in [-0.15, -0.1) is 0 Å². The maximum atomic E-state index is 5.35. The first-order valence-corrected chi connectivity index (χ1v) is 2.09. The third-order valence-electron chi connectivity index (χ3n) is 0.895. The van der Waals surface area contributed by atoms with Crippen molar-refractivity contribution >= 4 is 0 Å². The van der Waals surface area contributed by atoms with Crippen LogP contribution in [0.15, 0.2) is 16.9 Å². The molecule has 2 radical (unpaired) electrons. The van der Waals surface area contributed by atoms with Crippen LogP contribution < -0.4 is 0 Å². The Balaban J connectivity index is 3.12. The molecule has 0 bridgehead atoms. The zero-order valence-electron chi connectivity index (χ0n) is 4.14. The third-order valence-corrected chi connectivity index (χ3v) is 0.895. The van der Waals surface area contributed by atoms with E-state index < -0.39 is 0 Å². The second-order valence-corrected chi connectivity index (χ2v) is 1.51. The van der Waals surface area contributed by atoms with Crippen LogP contribution in [0.25, 0.3) is 0 Å². The van der Waals surface area contributed by atoms with Crippen molar-refractivity contribution in [1.29, 1.82) is 0 Å². The molecule has 0 spiro atoms. The Morgan fingerprint density at radius 3 is 2.43 bits per heavy atom. The van der Waals surface area contributed by atoms with Gasteiger partial charge in [-0.1, -0.05) is 0 Å². The Kier molecular flexibility index (Phi) is 0.895. The van der Waals surface area contributed by atoms with E-state index in [1.54, 1.807) is 6.26 Å². The van der Waals surface area contributed by atoms with Gasteiger partial charge >= 0.3 is 0 Å². The molecule has 1 heteroatoms. The molecule has 0 aromatic carbocycles. The van der Waals surface area contributed by atoms with Crippen LogP contribution in [0.3, 0.4) is 0 Å². The predicted octanol–water partition coefficient (Wildman–Crippen LogP) is 1.65. The predicted molar refractivity (Wildman–Crippen MR) is 26.8 cm³/mol. The molecule has 0 unspecified atom stereocenters. The fraction of sp³-hybridized carbons (Fsp3) is 0.167. The van der Waals surface area contributed by atoms with Gasteiger partial charge in [0.2, 0.25) is 0 Å². The van der Waals surface area contributed by atoms with Gasteiger partial charge in [0.05, 0.1) is 12.5 Å². The minimum Gasteiger partial charge on any atom is -0.472 e. The number of hydrogen-bond donors (Lipinski definition) is 0. The molecule has 0 saturated heterocycles. The zero-order chi connectivity index (χ0) is 5.28. The van der Waals surface area contributed by atoms with E-state index in [-0.39, 0.29) is 0 Å². The Hall–Kier alpha value is -0.720. The highest BCUT2D eigenvalue weighted by Crippen LogP contribution is 2.04. The number of furan rings is 1. The van der Waals surface area contributed by atoms with Crippen molar-refractivity contribution in [2.75, 3.05) is 0 Å². The van der Waals surface area contributed by atoms with Crippen LogP contribution in [-0.2, 0) is 0 Å². The van der Waals surface area contributed by atoms with Crippen molar-refractivity contribution in [3.63, 3.8) is 0 Å². The van der Waals surface area contributed by atoms with E-state index >= 15 is 0 Å². The first-order chi connectivity index (χ1) is 3.30. The minimum absolute atomic E-state index is 0.722. The van der Waals surface area contributed by atoms with Crippen molar-refractivity contribution in [3.8, 4) is 0 Å². The van der Waals surface area contributed by atoms with Gasteiger partial charge in [-0.2, -0.15) is 0 Å². The maximum Gasteiger partial charge on any atom is 0.0940 e. The van der Waals surface area contributed by atoms with Gasteiger partial charge in [-0.05, 0) is 18.1 Å². The van der Waals surface area contributed by atoms with Crippen LogP contribution in [0.5, 0.6) is 0 Å². The highest BCUT2D eigenvalue weighted by Gasteiger charge is 1.89. The highest BCUT2D eigenvalue weighted by atomic mass is 16.3. The van der Waals surface area contributed by atoms with Crippen molar-refractivity contribution < 1.29 is 4.42 Å². The van der Waals surface area contributed by atoms with Gasteiger partial charge in [0.25, 0.3) is 0 Å². The van der Waals surface area contributed by atoms with Crippen molar-refractivity contribution in [2.45, 2.75) is 6.92 Å². The number of hydrogen-bond acceptors (Lipinski definition) is 1. The van der Waals surface area contributed by atoms with Crippen LogP contribution >= 0.6 is 0 Å². The maximum absolute atomic E-state index is 5.35. The Morgan fingerprint density at radius 2 is 2.29 bits per heavy atom. The molecule has 0 aliphatic carbocycles. The molecule has 1 heterocycles. The molecule has 0 aliphatic heterocycles. The smallest absolute Gasteiger partial charge is 0.0940 e. The average Bonchev–Trinajstić information content (AvgIpc) is 1.91. The monoisotopic (exact) mass is 94.0 g/mol. The Morgan fingerprint density at radius 1 is 1.57 bits per heavy atom. The summed E-state index contributed by atoms with van der Waals surface area (Å²) in [5.74, 6) is 0. The van der Waals surface area contributed by atoms with E-state index in [0.29, 0.717) is 0 Å². The summed E-state index contributed by atoms with van der Waals surface area (Å²) in [5, 5.41) is 0. The highest BCUT2D eigenvalue weighted by molar-refractivity contribution is 5.21. The molecular formula is C6H6O. The summed E-state index contributed by atoms with van der Waals surface area (Å²) < 4.78 is 4.72. The largest absolute Gasteiger partial charge is 0.472 e. The lowest BCUT2D eigenvalue weighted by atomic mass is 10.2. The minimum atomic E-state index is 0.722. The summed E-state index contributed by atoms with van der Waals surface area (Å²) in [7, 11) is 0. The van der Waals surface area contributed by atoms with E-state index in [2.05, 4.69) is 0 Å². The second kappa shape index (κ2) is 1.41. The Labute approximate surface area is 43.0 Å². The molecule has 0 atom stereocenters. The van der Waals surface area contributed by atoms with Gasteiger partial charge in [0, 0.05) is 6.92 Å². The molecule has 36 valence electrons. The van der Waals surface area contributed by atoms with Crippen LogP contribution in [0.2, 0.25) is 0 Å². The Bertz CT molecular complexity index is 136. The number of aryl methyl sites for hydroxylation is 1. The summed E-state index contributed by atoms with van der Waals surface area (Å²) in [5.41, 5.74) is 1.72. The molecule has 1 rings (SSSR count). The van der Waals surface area contributed by atoms with E-state index in [4.69, 9.17) is 11.3 Å². The summed E-state index contributed by atoms with van der Waals surface area (Å²) in [4.78, 5) is 0. The molecule has 1 aromatic rings. The van der Waals surface area contributed by atoms with E-state index in [1.165, 1.54) is 6.26 Å². The molecule has 0 N–H and O–H groups in total. The van der Waals surface area contributed by atoms with Crippen LogP contribution in [-0.4, -0.2) is 0 Å². The average molecular weight is 94.1 g/mol. The van der Waals surface area contributed by atoms with Gasteiger partial charge in [0.15, 0.2) is 0 Å².